The highest BCUT2D eigenvalue weighted by molar-refractivity contribution is 7.09. The van der Waals surface area contributed by atoms with Gasteiger partial charge >= 0.3 is 0 Å². The topological polar surface area (TPSA) is 67.8 Å². The molecule has 0 N–H and O–H groups in total. The van der Waals surface area contributed by atoms with Gasteiger partial charge in [0.25, 0.3) is 5.91 Å². The van der Waals surface area contributed by atoms with E-state index < -0.39 is 0 Å². The lowest BCUT2D eigenvalue weighted by Gasteiger charge is -2.39. The first-order valence-electron chi connectivity index (χ1n) is 10.6. The minimum Gasteiger partial charge on any atom is -0.496 e. The third kappa shape index (κ3) is 4.55. The Balaban J connectivity index is 1.45. The molecule has 1 aromatic heterocycles. The molecule has 1 amide bonds. The molecule has 1 saturated heterocycles. The zero-order chi connectivity index (χ0) is 22.7. The molecule has 3 aromatic rings. The maximum Gasteiger partial charge on any atom is 0.261 e. The fourth-order valence-corrected chi connectivity index (χ4v) is 4.69. The van der Waals surface area contributed by atoms with E-state index in [0.29, 0.717) is 36.7 Å². The number of aromatic nitrogens is 2. The lowest BCUT2D eigenvalue weighted by molar-refractivity contribution is 0.0667. The molecule has 1 unspecified atom stereocenters. The quantitative estimate of drug-likeness (QED) is 0.567. The fourth-order valence-electron chi connectivity index (χ4n) is 3.97. The van der Waals surface area contributed by atoms with E-state index in [9.17, 15) is 4.79 Å². The van der Waals surface area contributed by atoms with Crippen LogP contribution < -0.4 is 14.4 Å². The van der Waals surface area contributed by atoms with Gasteiger partial charge in [-0.1, -0.05) is 35.9 Å². The molecule has 1 aliphatic heterocycles. The standard InChI is InChI=1S/C24H28N4O3S/c1-16-8-10-18(11-9-16)14-21-25-24(32-26-21)27-12-13-28(17(2)15-27)23(29)22-19(30-3)6-5-7-20(22)31-4/h5-11,17H,12-15H2,1-4H3. The Morgan fingerprint density at radius 3 is 2.41 bits per heavy atom. The second-order valence-electron chi connectivity index (χ2n) is 7.99. The summed E-state index contributed by atoms with van der Waals surface area (Å²) in [7, 11) is 3.13. The fraction of sp³-hybridized carbons (Fsp3) is 0.375. The third-order valence-electron chi connectivity index (χ3n) is 5.74. The number of rotatable bonds is 6. The molecule has 0 spiro atoms. The summed E-state index contributed by atoms with van der Waals surface area (Å²) in [6.07, 6.45) is 0.721. The summed E-state index contributed by atoms with van der Waals surface area (Å²) in [4.78, 5) is 22.2. The number of hydrogen-bond acceptors (Lipinski definition) is 7. The molecular formula is C24H28N4O3S. The van der Waals surface area contributed by atoms with Crippen molar-refractivity contribution < 1.29 is 14.3 Å². The molecule has 32 heavy (non-hydrogen) atoms. The number of ether oxygens (including phenoxy) is 2. The summed E-state index contributed by atoms with van der Waals surface area (Å²) in [5.74, 6) is 1.80. The second kappa shape index (κ2) is 9.56. The smallest absolute Gasteiger partial charge is 0.261 e. The van der Waals surface area contributed by atoms with Crippen LogP contribution in [0.5, 0.6) is 11.5 Å². The number of piperazine rings is 1. The summed E-state index contributed by atoms with van der Waals surface area (Å²) in [6.45, 7) is 6.13. The van der Waals surface area contributed by atoms with Crippen LogP contribution in [0.15, 0.2) is 42.5 Å². The normalized spacial score (nSPS) is 16.2. The highest BCUT2D eigenvalue weighted by Gasteiger charge is 2.32. The van der Waals surface area contributed by atoms with Gasteiger partial charge in [0.05, 0.1) is 14.2 Å². The zero-order valence-corrected chi connectivity index (χ0v) is 19.7. The van der Waals surface area contributed by atoms with E-state index in [0.717, 1.165) is 17.4 Å². The zero-order valence-electron chi connectivity index (χ0n) is 18.9. The molecule has 8 heteroatoms. The van der Waals surface area contributed by atoms with E-state index in [4.69, 9.17) is 14.5 Å². The van der Waals surface area contributed by atoms with Crippen molar-refractivity contribution in [1.29, 1.82) is 0 Å². The van der Waals surface area contributed by atoms with E-state index in [2.05, 4.69) is 47.4 Å². The Morgan fingerprint density at radius 2 is 1.78 bits per heavy atom. The number of aryl methyl sites for hydroxylation is 1. The molecule has 1 atom stereocenters. The average Bonchev–Trinajstić information content (AvgIpc) is 3.28. The molecule has 1 aliphatic rings. The van der Waals surface area contributed by atoms with Crippen molar-refractivity contribution >= 4 is 22.6 Å². The molecule has 1 fully saturated rings. The van der Waals surface area contributed by atoms with Crippen molar-refractivity contribution in [2.24, 2.45) is 0 Å². The van der Waals surface area contributed by atoms with E-state index >= 15 is 0 Å². The van der Waals surface area contributed by atoms with Crippen LogP contribution in [-0.4, -0.2) is 60.1 Å². The molecule has 2 aromatic carbocycles. The van der Waals surface area contributed by atoms with Gasteiger partial charge < -0.3 is 19.3 Å². The van der Waals surface area contributed by atoms with Gasteiger partial charge in [-0.25, -0.2) is 4.98 Å². The van der Waals surface area contributed by atoms with Gasteiger partial charge in [0, 0.05) is 43.6 Å². The largest absolute Gasteiger partial charge is 0.496 e. The lowest BCUT2D eigenvalue weighted by atomic mass is 10.1. The van der Waals surface area contributed by atoms with Crippen LogP contribution in [0.25, 0.3) is 0 Å². The van der Waals surface area contributed by atoms with Crippen molar-refractivity contribution in [3.63, 3.8) is 0 Å². The van der Waals surface area contributed by atoms with E-state index in [1.54, 1.807) is 26.4 Å². The van der Waals surface area contributed by atoms with Gasteiger partial charge in [0.2, 0.25) is 5.13 Å². The van der Waals surface area contributed by atoms with Crippen molar-refractivity contribution in [3.8, 4) is 11.5 Å². The van der Waals surface area contributed by atoms with E-state index in [-0.39, 0.29) is 11.9 Å². The van der Waals surface area contributed by atoms with Gasteiger partial charge in [0.15, 0.2) is 0 Å². The first-order valence-corrected chi connectivity index (χ1v) is 11.4. The summed E-state index contributed by atoms with van der Waals surface area (Å²) >= 11 is 1.42. The maximum atomic E-state index is 13.4. The molecule has 0 radical (unpaired) electrons. The number of benzene rings is 2. The Labute approximate surface area is 192 Å². The number of amides is 1. The molecule has 7 nitrogen and oxygen atoms in total. The third-order valence-corrected chi connectivity index (χ3v) is 6.56. The van der Waals surface area contributed by atoms with Gasteiger partial charge in [-0.05, 0) is 31.5 Å². The van der Waals surface area contributed by atoms with Crippen LogP contribution >= 0.6 is 11.5 Å². The second-order valence-corrected chi connectivity index (χ2v) is 8.72. The van der Waals surface area contributed by atoms with E-state index in [1.165, 1.54) is 22.7 Å². The number of methoxy groups -OCH3 is 2. The number of anilines is 1. The molecule has 0 bridgehead atoms. The van der Waals surface area contributed by atoms with Crippen molar-refractivity contribution in [1.82, 2.24) is 14.3 Å². The first-order chi connectivity index (χ1) is 15.5. The van der Waals surface area contributed by atoms with Crippen LogP contribution in [-0.2, 0) is 6.42 Å². The predicted octanol–water partition coefficient (Wildman–Crippen LogP) is 3.81. The minimum atomic E-state index is -0.0798. The Hall–Kier alpha value is -3.13. The van der Waals surface area contributed by atoms with Crippen LogP contribution in [0.3, 0.4) is 0 Å². The first kappa shape index (κ1) is 22.1. The Morgan fingerprint density at radius 1 is 1.09 bits per heavy atom. The van der Waals surface area contributed by atoms with Gasteiger partial charge in [0.1, 0.15) is 22.9 Å². The SMILES string of the molecule is COc1cccc(OC)c1C(=O)N1CCN(c2nc(Cc3ccc(C)cc3)ns2)CC1C. The van der Waals surface area contributed by atoms with Crippen molar-refractivity contribution in [3.05, 3.63) is 65.0 Å². The molecule has 168 valence electrons. The Bertz CT molecular complexity index is 1060. The molecular weight excluding hydrogens is 424 g/mol. The number of carbonyl (C=O) groups excluding carboxylic acids is 1. The molecule has 0 saturated carbocycles. The van der Waals surface area contributed by atoms with Gasteiger partial charge in [-0.15, -0.1) is 0 Å². The summed E-state index contributed by atoms with van der Waals surface area (Å²) in [6, 6.07) is 13.9. The van der Waals surface area contributed by atoms with Crippen LogP contribution in [0.1, 0.15) is 34.2 Å². The van der Waals surface area contributed by atoms with Gasteiger partial charge in [-0.2, -0.15) is 4.37 Å². The highest BCUT2D eigenvalue weighted by atomic mass is 32.1. The summed E-state index contributed by atoms with van der Waals surface area (Å²) < 4.78 is 15.4. The number of nitrogens with zero attached hydrogens (tertiary/aromatic N) is 4. The van der Waals surface area contributed by atoms with Crippen molar-refractivity contribution in [2.75, 3.05) is 38.8 Å². The van der Waals surface area contributed by atoms with E-state index in [1.807, 2.05) is 11.0 Å². The monoisotopic (exact) mass is 452 g/mol. The van der Waals surface area contributed by atoms with Crippen LogP contribution in [0, 0.1) is 6.92 Å². The van der Waals surface area contributed by atoms with Crippen molar-refractivity contribution in [2.45, 2.75) is 26.3 Å². The minimum absolute atomic E-state index is 0.00955. The molecule has 0 aliphatic carbocycles. The average molecular weight is 453 g/mol. The molecule has 4 rings (SSSR count). The predicted molar refractivity (Wildman–Crippen MR) is 126 cm³/mol. The van der Waals surface area contributed by atoms with Gasteiger partial charge in [-0.3, -0.25) is 4.79 Å². The number of hydrogen-bond donors (Lipinski definition) is 0. The van der Waals surface area contributed by atoms with Crippen LogP contribution in [0.4, 0.5) is 5.13 Å². The summed E-state index contributed by atoms with van der Waals surface area (Å²) in [5, 5.41) is 0.904. The Kier molecular flexibility index (Phi) is 6.60. The lowest BCUT2D eigenvalue weighted by Crippen LogP contribution is -2.54. The summed E-state index contributed by atoms with van der Waals surface area (Å²) in [5.41, 5.74) is 2.91. The maximum absolute atomic E-state index is 13.4. The van der Waals surface area contributed by atoms with Crippen LogP contribution in [0.2, 0.25) is 0 Å². The number of carbonyl (C=O) groups is 1. The molecule has 2 heterocycles. The highest BCUT2D eigenvalue weighted by Crippen LogP contribution is 2.31.